The number of aryl methyl sites for hydroxylation is 1. The lowest BCUT2D eigenvalue weighted by Gasteiger charge is -2.29. The normalized spacial score (nSPS) is 22.5. The Morgan fingerprint density at radius 2 is 1.90 bits per heavy atom. The van der Waals surface area contributed by atoms with Crippen LogP contribution in [0.1, 0.15) is 43.7 Å². The molecule has 3 heteroatoms. The SMILES string of the molecule is CCNC1CCC(NC(=O)Cc2cccc(C)c2)CC1. The van der Waals surface area contributed by atoms with Gasteiger partial charge in [-0.2, -0.15) is 0 Å². The predicted octanol–water partition coefficient (Wildman–Crippen LogP) is 2.57. The maximum absolute atomic E-state index is 12.1. The fourth-order valence-electron chi connectivity index (χ4n) is 3.02. The molecule has 2 N–H and O–H groups in total. The molecule has 20 heavy (non-hydrogen) atoms. The zero-order chi connectivity index (χ0) is 14.4. The summed E-state index contributed by atoms with van der Waals surface area (Å²) in [6.45, 7) is 5.24. The average molecular weight is 274 g/mol. The van der Waals surface area contributed by atoms with Crippen molar-refractivity contribution in [3.63, 3.8) is 0 Å². The first-order valence-corrected chi connectivity index (χ1v) is 7.75. The van der Waals surface area contributed by atoms with Gasteiger partial charge >= 0.3 is 0 Å². The molecule has 1 fully saturated rings. The van der Waals surface area contributed by atoms with Crippen molar-refractivity contribution in [3.8, 4) is 0 Å². The summed E-state index contributed by atoms with van der Waals surface area (Å²) >= 11 is 0. The smallest absolute Gasteiger partial charge is 0.224 e. The van der Waals surface area contributed by atoms with Gasteiger partial charge in [0.1, 0.15) is 0 Å². The van der Waals surface area contributed by atoms with Crippen molar-refractivity contribution < 1.29 is 4.79 Å². The Hall–Kier alpha value is -1.35. The third-order valence-electron chi connectivity index (χ3n) is 4.03. The molecule has 1 amide bonds. The number of benzene rings is 1. The first kappa shape index (κ1) is 15.0. The van der Waals surface area contributed by atoms with E-state index in [4.69, 9.17) is 0 Å². The molecule has 0 unspecified atom stereocenters. The fraction of sp³-hybridized carbons (Fsp3) is 0.588. The molecule has 110 valence electrons. The van der Waals surface area contributed by atoms with Crippen LogP contribution in [0, 0.1) is 6.92 Å². The summed E-state index contributed by atoms with van der Waals surface area (Å²) in [7, 11) is 0. The second-order valence-electron chi connectivity index (χ2n) is 5.84. The van der Waals surface area contributed by atoms with Crippen LogP contribution in [0.15, 0.2) is 24.3 Å². The van der Waals surface area contributed by atoms with Gasteiger partial charge in [-0.25, -0.2) is 0 Å². The maximum Gasteiger partial charge on any atom is 0.224 e. The Morgan fingerprint density at radius 3 is 2.55 bits per heavy atom. The summed E-state index contributed by atoms with van der Waals surface area (Å²) in [6, 6.07) is 9.19. The first-order valence-electron chi connectivity index (χ1n) is 7.75. The number of rotatable bonds is 5. The molecule has 2 rings (SSSR count). The molecule has 0 heterocycles. The van der Waals surface area contributed by atoms with Crippen LogP contribution in [-0.2, 0) is 11.2 Å². The minimum Gasteiger partial charge on any atom is -0.353 e. The fourth-order valence-corrected chi connectivity index (χ4v) is 3.02. The van der Waals surface area contributed by atoms with E-state index >= 15 is 0 Å². The van der Waals surface area contributed by atoms with Crippen LogP contribution in [0.5, 0.6) is 0 Å². The lowest BCUT2D eigenvalue weighted by atomic mass is 9.91. The van der Waals surface area contributed by atoms with Crippen molar-refractivity contribution in [2.45, 2.75) is 58.0 Å². The topological polar surface area (TPSA) is 41.1 Å². The van der Waals surface area contributed by atoms with E-state index < -0.39 is 0 Å². The lowest BCUT2D eigenvalue weighted by molar-refractivity contribution is -0.121. The van der Waals surface area contributed by atoms with Gasteiger partial charge in [0.25, 0.3) is 0 Å². The van der Waals surface area contributed by atoms with Gasteiger partial charge in [0.2, 0.25) is 5.91 Å². The number of carbonyl (C=O) groups is 1. The molecule has 0 radical (unpaired) electrons. The summed E-state index contributed by atoms with van der Waals surface area (Å²) in [6.07, 6.45) is 5.02. The number of amides is 1. The van der Waals surface area contributed by atoms with Crippen molar-refractivity contribution in [2.24, 2.45) is 0 Å². The third kappa shape index (κ3) is 4.64. The molecule has 0 aromatic heterocycles. The Labute approximate surface area is 122 Å². The molecule has 1 aromatic rings. The van der Waals surface area contributed by atoms with Gasteiger partial charge < -0.3 is 10.6 Å². The van der Waals surface area contributed by atoms with Gasteiger partial charge in [-0.15, -0.1) is 0 Å². The van der Waals surface area contributed by atoms with Crippen LogP contribution >= 0.6 is 0 Å². The molecule has 0 aliphatic heterocycles. The molecule has 1 aliphatic rings. The van der Waals surface area contributed by atoms with Crippen molar-refractivity contribution in [3.05, 3.63) is 35.4 Å². The molecule has 0 spiro atoms. The second kappa shape index (κ2) is 7.44. The van der Waals surface area contributed by atoms with Gasteiger partial charge in [0, 0.05) is 12.1 Å². The molecule has 1 aromatic carbocycles. The Balaban J connectivity index is 1.75. The number of carbonyl (C=O) groups excluding carboxylic acids is 1. The summed E-state index contributed by atoms with van der Waals surface area (Å²) in [5.74, 6) is 0.155. The molecule has 1 saturated carbocycles. The van der Waals surface area contributed by atoms with Crippen molar-refractivity contribution in [1.29, 1.82) is 0 Å². The van der Waals surface area contributed by atoms with Crippen LogP contribution in [0.3, 0.4) is 0 Å². The standard InChI is InChI=1S/C17H26N2O/c1-3-18-15-7-9-16(10-8-15)19-17(20)12-14-6-4-5-13(2)11-14/h4-6,11,15-16,18H,3,7-10,12H2,1-2H3,(H,19,20). The second-order valence-corrected chi connectivity index (χ2v) is 5.84. The van der Waals surface area contributed by atoms with Crippen molar-refractivity contribution in [2.75, 3.05) is 6.54 Å². The van der Waals surface area contributed by atoms with Crippen LogP contribution in [0.2, 0.25) is 0 Å². The monoisotopic (exact) mass is 274 g/mol. The molecule has 0 saturated heterocycles. The van der Waals surface area contributed by atoms with Crippen LogP contribution in [-0.4, -0.2) is 24.5 Å². The molecule has 0 bridgehead atoms. The van der Waals surface area contributed by atoms with E-state index in [1.54, 1.807) is 0 Å². The van der Waals surface area contributed by atoms with E-state index in [1.807, 2.05) is 12.1 Å². The highest BCUT2D eigenvalue weighted by Gasteiger charge is 2.21. The van der Waals surface area contributed by atoms with E-state index in [-0.39, 0.29) is 5.91 Å². The Bertz CT molecular complexity index is 436. The van der Waals surface area contributed by atoms with Crippen LogP contribution in [0.25, 0.3) is 0 Å². The van der Waals surface area contributed by atoms with E-state index in [9.17, 15) is 4.79 Å². The Kier molecular flexibility index (Phi) is 5.60. The van der Waals surface area contributed by atoms with E-state index in [0.717, 1.165) is 24.9 Å². The minimum absolute atomic E-state index is 0.155. The van der Waals surface area contributed by atoms with Crippen LogP contribution < -0.4 is 10.6 Å². The van der Waals surface area contributed by atoms with E-state index in [0.29, 0.717) is 18.5 Å². The summed E-state index contributed by atoms with van der Waals surface area (Å²) in [5, 5.41) is 6.67. The van der Waals surface area contributed by atoms with Gasteiger partial charge in [0.05, 0.1) is 6.42 Å². The first-order chi connectivity index (χ1) is 9.67. The molecule has 0 atom stereocenters. The van der Waals surface area contributed by atoms with Gasteiger partial charge in [0.15, 0.2) is 0 Å². The van der Waals surface area contributed by atoms with Crippen molar-refractivity contribution >= 4 is 5.91 Å². The zero-order valence-corrected chi connectivity index (χ0v) is 12.6. The number of hydrogen-bond donors (Lipinski definition) is 2. The van der Waals surface area contributed by atoms with E-state index in [2.05, 4.69) is 36.6 Å². The average Bonchev–Trinajstić information content (AvgIpc) is 2.41. The minimum atomic E-state index is 0.155. The third-order valence-corrected chi connectivity index (χ3v) is 4.03. The number of nitrogens with one attached hydrogen (secondary N) is 2. The molecular formula is C17H26N2O. The van der Waals surface area contributed by atoms with Crippen molar-refractivity contribution in [1.82, 2.24) is 10.6 Å². The van der Waals surface area contributed by atoms with Crippen LogP contribution in [0.4, 0.5) is 0 Å². The molecular weight excluding hydrogens is 248 g/mol. The highest BCUT2D eigenvalue weighted by Crippen LogP contribution is 2.18. The molecule has 3 nitrogen and oxygen atoms in total. The summed E-state index contributed by atoms with van der Waals surface area (Å²) in [4.78, 5) is 12.1. The van der Waals surface area contributed by atoms with Gasteiger partial charge in [-0.05, 0) is 44.7 Å². The maximum atomic E-state index is 12.1. The lowest BCUT2D eigenvalue weighted by Crippen LogP contribution is -2.42. The predicted molar refractivity (Wildman–Crippen MR) is 82.7 cm³/mol. The quantitative estimate of drug-likeness (QED) is 0.866. The zero-order valence-electron chi connectivity index (χ0n) is 12.6. The number of hydrogen-bond acceptors (Lipinski definition) is 2. The highest BCUT2D eigenvalue weighted by molar-refractivity contribution is 5.78. The molecule has 1 aliphatic carbocycles. The van der Waals surface area contributed by atoms with Gasteiger partial charge in [-0.3, -0.25) is 4.79 Å². The summed E-state index contributed by atoms with van der Waals surface area (Å²) in [5.41, 5.74) is 2.31. The van der Waals surface area contributed by atoms with Gasteiger partial charge in [-0.1, -0.05) is 36.8 Å². The highest BCUT2D eigenvalue weighted by atomic mass is 16.1. The van der Waals surface area contributed by atoms with E-state index in [1.165, 1.54) is 18.4 Å². The largest absolute Gasteiger partial charge is 0.353 e. The Morgan fingerprint density at radius 1 is 1.20 bits per heavy atom. The summed E-state index contributed by atoms with van der Waals surface area (Å²) < 4.78 is 0.